The number of unbranched alkanes of at least 4 members (excludes halogenated alkanes) is 19. The van der Waals surface area contributed by atoms with Crippen molar-refractivity contribution in [1.29, 1.82) is 0 Å². The van der Waals surface area contributed by atoms with Gasteiger partial charge >= 0.3 is 5.97 Å². The minimum absolute atomic E-state index is 0.0921. The normalized spacial score (nSPS) is 20.1. The van der Waals surface area contributed by atoms with Gasteiger partial charge in [-0.1, -0.05) is 226 Å². The Morgan fingerprint density at radius 1 is 0.554 bits per heavy atom. The van der Waals surface area contributed by atoms with Gasteiger partial charge in [-0.25, -0.2) is 0 Å². The summed E-state index contributed by atoms with van der Waals surface area (Å²) in [4.78, 5) is 26.5. The van der Waals surface area contributed by atoms with Gasteiger partial charge in [-0.3, -0.25) is 9.59 Å². The number of rotatable bonds is 47. The van der Waals surface area contributed by atoms with Gasteiger partial charge in [-0.2, -0.15) is 0 Å². The molecule has 6 N–H and O–H groups in total. The lowest BCUT2D eigenvalue weighted by atomic mass is 9.99. The van der Waals surface area contributed by atoms with Crippen LogP contribution in [0.1, 0.15) is 213 Å². The largest absolute Gasteiger partial charge is 0.454 e. The molecule has 1 fully saturated rings. The summed E-state index contributed by atoms with van der Waals surface area (Å²) in [7, 11) is 0. The van der Waals surface area contributed by atoms with E-state index in [2.05, 4.69) is 105 Å². The Kier molecular flexibility index (Phi) is 46.3. The summed E-state index contributed by atoms with van der Waals surface area (Å²) >= 11 is 0. The van der Waals surface area contributed by atoms with Crippen LogP contribution in [0.15, 0.2) is 109 Å². The summed E-state index contributed by atoms with van der Waals surface area (Å²) < 4.78 is 17.5. The molecule has 1 heterocycles. The Morgan fingerprint density at radius 3 is 1.61 bits per heavy atom. The molecule has 1 rings (SSSR count). The number of hydrogen-bond acceptors (Lipinski definition) is 10. The fraction of sp³-hybridized carbons (Fsp3) is 0.683. The zero-order valence-electron chi connectivity index (χ0n) is 46.4. The van der Waals surface area contributed by atoms with Crippen LogP contribution in [-0.2, 0) is 23.8 Å². The zero-order chi connectivity index (χ0) is 54.0. The third-order valence-corrected chi connectivity index (χ3v) is 13.0. The summed E-state index contributed by atoms with van der Waals surface area (Å²) in [6, 6.07) is -1.05. The third-order valence-electron chi connectivity index (χ3n) is 13.0. The van der Waals surface area contributed by atoms with Crippen molar-refractivity contribution in [2.24, 2.45) is 0 Å². The molecule has 422 valence electrons. The van der Waals surface area contributed by atoms with Crippen molar-refractivity contribution in [3.8, 4) is 0 Å². The SMILES string of the molecule is CC/C=C\C/C=C\C/C=C\C/C=C\C/C=C\CCCCCCC(O)C(=O)NC(COC1OC(CO)C(O)C(O)C1OC(=O)CCCCCCC\C=C/C=C/C=C/CC)C(O)/C=C/CCCCCCCCCCCC. The minimum Gasteiger partial charge on any atom is -0.454 e. The number of allylic oxidation sites excluding steroid dienone is 17. The van der Waals surface area contributed by atoms with Gasteiger partial charge in [0.2, 0.25) is 5.91 Å². The van der Waals surface area contributed by atoms with Crippen molar-refractivity contribution < 1.29 is 49.3 Å². The number of aliphatic hydroxyl groups is 5. The van der Waals surface area contributed by atoms with Crippen LogP contribution in [0.4, 0.5) is 0 Å². The van der Waals surface area contributed by atoms with E-state index in [1.54, 1.807) is 6.08 Å². The van der Waals surface area contributed by atoms with E-state index in [1.807, 2.05) is 24.3 Å². The predicted octanol–water partition coefficient (Wildman–Crippen LogP) is 13.3. The van der Waals surface area contributed by atoms with Crippen LogP contribution >= 0.6 is 0 Å². The molecular weight excluding hydrogens is 931 g/mol. The van der Waals surface area contributed by atoms with Gasteiger partial charge in [0.05, 0.1) is 25.4 Å². The standard InChI is InChI=1S/C63H105NO10/c1-4-7-10-13-16-19-22-25-26-27-28-29-30-31-33-35-38-41-44-47-50-56(67)62(71)64-54(55(66)49-46-43-40-37-34-24-21-18-15-12-9-6-3)53-72-63-61(60(70)59(69)57(52-65)73-63)74-58(68)51-48-45-42-39-36-32-23-20-17-14-11-8-5-2/h7-8,10-11,14,16-17,19-20,23,25-26,28-29,31,33,46,49,54-57,59-61,63,65-67,69-70H,4-6,9,12-13,15,18,21-22,24,27,30,32,34-45,47-48,50-53H2,1-3H3,(H,64,71)/b10-7-,11-8+,17-14+,19-16-,23-20-,26-25-,29-28-,33-31-,49-46+. The van der Waals surface area contributed by atoms with Crippen LogP contribution in [-0.4, -0.2) is 99.6 Å². The fourth-order valence-corrected chi connectivity index (χ4v) is 8.38. The maximum absolute atomic E-state index is 13.4. The second-order valence-corrected chi connectivity index (χ2v) is 19.7. The summed E-state index contributed by atoms with van der Waals surface area (Å²) in [6.45, 7) is 5.49. The molecule has 0 aromatic carbocycles. The highest BCUT2D eigenvalue weighted by molar-refractivity contribution is 5.80. The van der Waals surface area contributed by atoms with Crippen LogP contribution in [0.2, 0.25) is 0 Å². The van der Waals surface area contributed by atoms with Crippen molar-refractivity contribution in [2.75, 3.05) is 13.2 Å². The lowest BCUT2D eigenvalue weighted by Gasteiger charge is -2.41. The first kappa shape index (κ1) is 68.3. The van der Waals surface area contributed by atoms with Crippen molar-refractivity contribution in [2.45, 2.75) is 262 Å². The molecular formula is C63H105NO10. The third kappa shape index (κ3) is 38.0. The average Bonchev–Trinajstić information content (AvgIpc) is 3.40. The molecule has 0 saturated carbocycles. The summed E-state index contributed by atoms with van der Waals surface area (Å²) in [5.74, 6) is -1.25. The molecule has 0 radical (unpaired) electrons. The molecule has 0 spiro atoms. The van der Waals surface area contributed by atoms with Crippen LogP contribution in [0.25, 0.3) is 0 Å². The van der Waals surface area contributed by atoms with Crippen LogP contribution in [0.5, 0.6) is 0 Å². The maximum Gasteiger partial charge on any atom is 0.306 e. The molecule has 8 unspecified atom stereocenters. The van der Waals surface area contributed by atoms with E-state index in [0.29, 0.717) is 12.8 Å². The molecule has 1 aliphatic rings. The molecule has 0 aromatic heterocycles. The van der Waals surface area contributed by atoms with Gasteiger partial charge in [-0.05, 0) is 89.9 Å². The second-order valence-electron chi connectivity index (χ2n) is 19.7. The highest BCUT2D eigenvalue weighted by Crippen LogP contribution is 2.26. The molecule has 8 atom stereocenters. The van der Waals surface area contributed by atoms with Crippen molar-refractivity contribution in [3.05, 3.63) is 109 Å². The first-order valence-corrected chi connectivity index (χ1v) is 29.2. The van der Waals surface area contributed by atoms with Crippen molar-refractivity contribution in [1.82, 2.24) is 5.32 Å². The Hall–Kier alpha value is -3.68. The lowest BCUT2D eigenvalue weighted by Crippen LogP contribution is -2.61. The van der Waals surface area contributed by atoms with Gasteiger partial charge < -0.3 is 45.1 Å². The molecule has 11 nitrogen and oxygen atoms in total. The van der Waals surface area contributed by atoms with Gasteiger partial charge in [-0.15, -0.1) is 0 Å². The molecule has 0 bridgehead atoms. The van der Waals surface area contributed by atoms with E-state index in [9.17, 15) is 35.1 Å². The predicted molar refractivity (Wildman–Crippen MR) is 305 cm³/mol. The number of esters is 1. The van der Waals surface area contributed by atoms with E-state index >= 15 is 0 Å². The van der Waals surface area contributed by atoms with E-state index in [1.165, 1.54) is 44.9 Å². The number of amides is 1. The topological polar surface area (TPSA) is 175 Å². The number of carbonyl (C=O) groups excluding carboxylic acids is 2. The Morgan fingerprint density at radius 2 is 1.04 bits per heavy atom. The number of aliphatic hydroxyl groups excluding tert-OH is 5. The average molecular weight is 1040 g/mol. The second kappa shape index (κ2) is 50.2. The van der Waals surface area contributed by atoms with E-state index in [4.69, 9.17) is 14.2 Å². The number of nitrogens with one attached hydrogen (secondary N) is 1. The quantitative estimate of drug-likeness (QED) is 0.0149. The number of hydrogen-bond donors (Lipinski definition) is 6. The van der Waals surface area contributed by atoms with Crippen molar-refractivity contribution >= 4 is 11.9 Å². The first-order chi connectivity index (χ1) is 36.2. The minimum atomic E-state index is -1.63. The fourth-order valence-electron chi connectivity index (χ4n) is 8.38. The molecule has 0 aliphatic carbocycles. The Balaban J connectivity index is 2.74. The molecule has 0 aromatic rings. The monoisotopic (exact) mass is 1040 g/mol. The highest BCUT2D eigenvalue weighted by Gasteiger charge is 2.47. The Labute approximate surface area is 449 Å². The van der Waals surface area contributed by atoms with Crippen LogP contribution in [0, 0.1) is 0 Å². The number of ether oxygens (including phenoxy) is 3. The van der Waals surface area contributed by atoms with Gasteiger partial charge in [0, 0.05) is 6.42 Å². The zero-order valence-corrected chi connectivity index (χ0v) is 46.4. The summed E-state index contributed by atoms with van der Waals surface area (Å²) in [6.07, 6.45) is 57.0. The van der Waals surface area contributed by atoms with E-state index in [-0.39, 0.29) is 19.4 Å². The van der Waals surface area contributed by atoms with Crippen LogP contribution < -0.4 is 5.32 Å². The van der Waals surface area contributed by atoms with Crippen LogP contribution in [0.3, 0.4) is 0 Å². The van der Waals surface area contributed by atoms with Crippen molar-refractivity contribution in [3.63, 3.8) is 0 Å². The Bertz CT molecular complexity index is 1610. The molecule has 1 saturated heterocycles. The first-order valence-electron chi connectivity index (χ1n) is 29.2. The maximum atomic E-state index is 13.4. The molecule has 74 heavy (non-hydrogen) atoms. The smallest absolute Gasteiger partial charge is 0.306 e. The lowest BCUT2D eigenvalue weighted by molar-refractivity contribution is -0.305. The summed E-state index contributed by atoms with van der Waals surface area (Å²) in [5, 5.41) is 56.8. The summed E-state index contributed by atoms with van der Waals surface area (Å²) in [5.41, 5.74) is 0. The van der Waals surface area contributed by atoms with E-state index < -0.39 is 67.4 Å². The number of carbonyl (C=O) groups is 2. The van der Waals surface area contributed by atoms with Gasteiger partial charge in [0.25, 0.3) is 0 Å². The molecule has 1 amide bonds. The molecule has 11 heteroatoms. The highest BCUT2D eigenvalue weighted by atomic mass is 16.7. The molecule has 1 aliphatic heterocycles. The van der Waals surface area contributed by atoms with Gasteiger partial charge in [0.15, 0.2) is 12.4 Å². The van der Waals surface area contributed by atoms with Gasteiger partial charge in [0.1, 0.15) is 24.4 Å². The van der Waals surface area contributed by atoms with E-state index in [0.717, 1.165) is 122 Å².